The minimum absolute atomic E-state index is 0.670. The summed E-state index contributed by atoms with van der Waals surface area (Å²) in [7, 11) is 4.57. The average Bonchev–Trinajstić information content (AvgIpc) is 2.58. The van der Waals surface area contributed by atoms with Crippen LogP contribution in [0.4, 0.5) is 0 Å². The van der Waals surface area contributed by atoms with Crippen LogP contribution in [0.2, 0.25) is 0 Å². The molecule has 136 valence electrons. The second-order valence-corrected chi connectivity index (χ2v) is 6.02. The first-order valence-corrected chi connectivity index (χ1v) is 8.86. The van der Waals surface area contributed by atoms with Gasteiger partial charge in [0.2, 0.25) is 6.08 Å². The van der Waals surface area contributed by atoms with E-state index in [1.807, 2.05) is 0 Å². The van der Waals surface area contributed by atoms with Crippen molar-refractivity contribution >= 4 is 6.08 Å². The first-order valence-electron chi connectivity index (χ1n) is 8.86. The Morgan fingerprint density at radius 3 is 1.74 bits per heavy atom. The van der Waals surface area contributed by atoms with E-state index in [0.29, 0.717) is 12.8 Å². The number of carbonyl (C=O) groups excluding carboxylic acids is 1. The zero-order valence-electron chi connectivity index (χ0n) is 15.7. The van der Waals surface area contributed by atoms with E-state index in [9.17, 15) is 4.79 Å². The molecule has 0 aliphatic carbocycles. The van der Waals surface area contributed by atoms with Crippen LogP contribution >= 0.6 is 0 Å². The lowest BCUT2D eigenvalue weighted by atomic mass is 9.84. The Balaban J connectivity index is 5.13. The van der Waals surface area contributed by atoms with Crippen molar-refractivity contribution in [3.63, 3.8) is 0 Å². The fourth-order valence-electron chi connectivity index (χ4n) is 3.19. The van der Waals surface area contributed by atoms with E-state index < -0.39 is 11.5 Å². The van der Waals surface area contributed by atoms with Crippen molar-refractivity contribution in [2.45, 2.75) is 89.6 Å². The monoisotopic (exact) mass is 329 g/mol. The molecule has 0 radical (unpaired) electrons. The first-order chi connectivity index (χ1) is 11.1. The van der Waals surface area contributed by atoms with E-state index >= 15 is 0 Å². The molecule has 0 fully saturated rings. The van der Waals surface area contributed by atoms with Crippen LogP contribution in [0, 0.1) is 0 Å². The third kappa shape index (κ3) is 6.34. The number of isocyanates is 1. The Morgan fingerprint density at radius 2 is 1.26 bits per heavy atom. The van der Waals surface area contributed by atoms with Crippen LogP contribution in [0.15, 0.2) is 4.99 Å². The van der Waals surface area contributed by atoms with Gasteiger partial charge in [0.05, 0.1) is 0 Å². The number of methoxy groups -OCH3 is 3. The summed E-state index contributed by atoms with van der Waals surface area (Å²) in [6.45, 7) is 4.31. The molecule has 0 rings (SSSR count). The van der Waals surface area contributed by atoms with Gasteiger partial charge < -0.3 is 14.2 Å². The van der Waals surface area contributed by atoms with Gasteiger partial charge in [-0.1, -0.05) is 65.2 Å². The molecule has 5 nitrogen and oxygen atoms in total. The summed E-state index contributed by atoms with van der Waals surface area (Å²) >= 11 is 0. The van der Waals surface area contributed by atoms with Gasteiger partial charge in [-0.15, -0.1) is 0 Å². The summed E-state index contributed by atoms with van der Waals surface area (Å²) in [5.41, 5.74) is -0.853. The third-order valence-electron chi connectivity index (χ3n) is 4.52. The fraction of sp³-hybridized carbons (Fsp3) is 0.944. The van der Waals surface area contributed by atoms with Gasteiger partial charge in [-0.3, -0.25) is 0 Å². The summed E-state index contributed by atoms with van der Waals surface area (Å²) in [5.74, 6) is -1.34. The molecule has 0 aromatic rings. The molecule has 23 heavy (non-hydrogen) atoms. The highest BCUT2D eigenvalue weighted by Crippen LogP contribution is 2.40. The molecule has 0 aromatic carbocycles. The van der Waals surface area contributed by atoms with Gasteiger partial charge in [0.15, 0.2) is 5.54 Å². The van der Waals surface area contributed by atoms with Crippen molar-refractivity contribution in [3.8, 4) is 0 Å². The van der Waals surface area contributed by atoms with Crippen molar-refractivity contribution in [1.82, 2.24) is 0 Å². The van der Waals surface area contributed by atoms with E-state index in [1.54, 1.807) is 6.08 Å². The zero-order chi connectivity index (χ0) is 17.6. The van der Waals surface area contributed by atoms with Crippen LogP contribution in [0.1, 0.15) is 78.1 Å². The Labute approximate surface area is 141 Å². The van der Waals surface area contributed by atoms with Crippen LogP contribution < -0.4 is 0 Å². The van der Waals surface area contributed by atoms with E-state index in [0.717, 1.165) is 25.7 Å². The van der Waals surface area contributed by atoms with Crippen LogP contribution in [-0.2, 0) is 19.0 Å². The third-order valence-corrected chi connectivity index (χ3v) is 4.52. The minimum Gasteiger partial charge on any atom is -0.329 e. The van der Waals surface area contributed by atoms with Gasteiger partial charge in [-0.2, -0.15) is 4.99 Å². The van der Waals surface area contributed by atoms with Crippen molar-refractivity contribution < 1.29 is 19.0 Å². The minimum atomic E-state index is -1.34. The molecule has 0 aliphatic heterocycles. The average molecular weight is 329 g/mol. The summed E-state index contributed by atoms with van der Waals surface area (Å²) < 4.78 is 16.6. The standard InChI is InChI=1S/C18H35NO4/c1-6-8-10-11-12-13-15-17(19-16-20,14-9-7-2)18(21-3,22-4)23-5/h6-15H2,1-5H3. The molecule has 1 unspecified atom stereocenters. The van der Waals surface area contributed by atoms with Crippen LogP contribution in [0.3, 0.4) is 0 Å². The molecule has 0 aliphatic rings. The maximum atomic E-state index is 11.1. The summed E-state index contributed by atoms with van der Waals surface area (Å²) in [4.78, 5) is 15.2. The van der Waals surface area contributed by atoms with Gasteiger partial charge in [-0.05, 0) is 12.8 Å². The van der Waals surface area contributed by atoms with Crippen molar-refractivity contribution in [1.29, 1.82) is 0 Å². The molecule has 0 aromatic heterocycles. The zero-order valence-corrected chi connectivity index (χ0v) is 15.7. The molecular formula is C18H35NO4. The Kier molecular flexibility index (Phi) is 12.2. The van der Waals surface area contributed by atoms with Gasteiger partial charge in [0.25, 0.3) is 0 Å². The summed E-state index contributed by atoms with van der Waals surface area (Å²) in [6.07, 6.45) is 12.0. The van der Waals surface area contributed by atoms with E-state index in [2.05, 4.69) is 18.8 Å². The highest BCUT2D eigenvalue weighted by molar-refractivity contribution is 5.35. The predicted octanol–water partition coefficient (Wildman–Crippen LogP) is 4.59. The van der Waals surface area contributed by atoms with Crippen LogP contribution in [0.25, 0.3) is 0 Å². The van der Waals surface area contributed by atoms with Crippen molar-refractivity contribution in [2.75, 3.05) is 21.3 Å². The lowest BCUT2D eigenvalue weighted by Gasteiger charge is -2.43. The maximum Gasteiger partial charge on any atom is 0.309 e. The Morgan fingerprint density at radius 1 is 0.783 bits per heavy atom. The lowest BCUT2D eigenvalue weighted by Crippen LogP contribution is -2.57. The molecule has 5 heteroatoms. The van der Waals surface area contributed by atoms with Crippen molar-refractivity contribution in [2.24, 2.45) is 4.99 Å². The SMILES string of the molecule is CCCCCCCCC(CCCC)(N=C=O)C(OC)(OC)OC. The normalized spacial score (nSPS) is 14.3. The second kappa shape index (κ2) is 12.7. The van der Waals surface area contributed by atoms with E-state index in [1.165, 1.54) is 47.0 Å². The number of unbranched alkanes of at least 4 members (excludes halogenated alkanes) is 6. The molecule has 0 spiro atoms. The molecule has 0 bridgehead atoms. The molecule has 0 heterocycles. The summed E-state index contributed by atoms with van der Waals surface area (Å²) in [6, 6.07) is 0. The summed E-state index contributed by atoms with van der Waals surface area (Å²) in [5, 5.41) is 0. The molecule has 0 saturated carbocycles. The van der Waals surface area contributed by atoms with Gasteiger partial charge in [-0.25, -0.2) is 4.79 Å². The highest BCUT2D eigenvalue weighted by atomic mass is 16.9. The van der Waals surface area contributed by atoms with E-state index in [4.69, 9.17) is 14.2 Å². The highest BCUT2D eigenvalue weighted by Gasteiger charge is 2.53. The second-order valence-electron chi connectivity index (χ2n) is 6.02. The van der Waals surface area contributed by atoms with Crippen molar-refractivity contribution in [3.05, 3.63) is 0 Å². The molecule has 1 atom stereocenters. The number of hydrogen-bond donors (Lipinski definition) is 0. The van der Waals surface area contributed by atoms with Gasteiger partial charge in [0.1, 0.15) is 0 Å². The van der Waals surface area contributed by atoms with Crippen LogP contribution in [0.5, 0.6) is 0 Å². The topological polar surface area (TPSA) is 57.1 Å². The fourth-order valence-corrected chi connectivity index (χ4v) is 3.19. The molecule has 0 saturated heterocycles. The Bertz CT molecular complexity index is 330. The molecular weight excluding hydrogens is 294 g/mol. The van der Waals surface area contributed by atoms with E-state index in [-0.39, 0.29) is 0 Å². The predicted molar refractivity (Wildman–Crippen MR) is 92.1 cm³/mol. The molecule has 0 N–H and O–H groups in total. The van der Waals surface area contributed by atoms with Gasteiger partial charge in [0, 0.05) is 21.3 Å². The number of hydrogen-bond acceptors (Lipinski definition) is 5. The van der Waals surface area contributed by atoms with Gasteiger partial charge >= 0.3 is 5.97 Å². The number of rotatable bonds is 15. The van der Waals surface area contributed by atoms with Crippen LogP contribution in [-0.4, -0.2) is 38.9 Å². The molecule has 0 amide bonds. The number of ether oxygens (including phenoxy) is 3. The Hall–Kier alpha value is -0.740. The first kappa shape index (κ1) is 22.3. The maximum absolute atomic E-state index is 11.1. The lowest BCUT2D eigenvalue weighted by molar-refractivity contribution is -0.385. The number of aliphatic imine (C=N–C) groups is 1. The largest absolute Gasteiger partial charge is 0.329 e. The quantitative estimate of drug-likeness (QED) is 0.191. The number of nitrogens with zero attached hydrogens (tertiary/aromatic N) is 1. The smallest absolute Gasteiger partial charge is 0.309 e.